The lowest BCUT2D eigenvalue weighted by Crippen LogP contribution is -2.54. The van der Waals surface area contributed by atoms with Gasteiger partial charge in [0.1, 0.15) is 6.04 Å². The third kappa shape index (κ3) is 3.92. The van der Waals surface area contributed by atoms with Gasteiger partial charge in [0.15, 0.2) is 11.9 Å². The number of anilines is 1. The first-order valence-electron chi connectivity index (χ1n) is 8.61. The van der Waals surface area contributed by atoms with Crippen LogP contribution in [0, 0.1) is 16.0 Å². The summed E-state index contributed by atoms with van der Waals surface area (Å²) in [5, 5.41) is 11.1. The van der Waals surface area contributed by atoms with Gasteiger partial charge in [-0.3, -0.25) is 9.69 Å². The summed E-state index contributed by atoms with van der Waals surface area (Å²) < 4.78 is 10.9. The Balaban J connectivity index is 2.46. The van der Waals surface area contributed by atoms with Crippen molar-refractivity contribution < 1.29 is 24.0 Å². The Labute approximate surface area is 151 Å². The lowest BCUT2D eigenvalue weighted by molar-refractivity contribution is -0.389. The number of carbonyl (C=O) groups excluding carboxylic acids is 2. The molecule has 1 aromatic rings. The highest BCUT2D eigenvalue weighted by Gasteiger charge is 2.44. The van der Waals surface area contributed by atoms with Crippen LogP contribution in [0.15, 0.2) is 12.1 Å². The molecule has 0 aromatic carbocycles. The highest BCUT2D eigenvalue weighted by molar-refractivity contribution is 6.03. The molecule has 2 atom stereocenters. The van der Waals surface area contributed by atoms with E-state index in [1.54, 1.807) is 13.8 Å². The molecular weight excluding hydrogens is 342 g/mol. The molecule has 26 heavy (non-hydrogen) atoms. The van der Waals surface area contributed by atoms with Crippen molar-refractivity contribution in [3.8, 4) is 5.75 Å². The fourth-order valence-corrected chi connectivity index (χ4v) is 2.61. The summed E-state index contributed by atoms with van der Waals surface area (Å²) in [6.07, 6.45) is -0.107. The number of pyridine rings is 1. The molecule has 2 heterocycles. The second-order valence-corrected chi connectivity index (χ2v) is 6.42. The summed E-state index contributed by atoms with van der Waals surface area (Å²) in [4.78, 5) is 40.9. The van der Waals surface area contributed by atoms with Crippen LogP contribution in [-0.2, 0) is 14.3 Å². The monoisotopic (exact) mass is 365 g/mol. The fourth-order valence-electron chi connectivity index (χ4n) is 2.61. The van der Waals surface area contributed by atoms with E-state index < -0.39 is 34.8 Å². The van der Waals surface area contributed by atoms with Crippen LogP contribution in [0.2, 0.25) is 0 Å². The van der Waals surface area contributed by atoms with Crippen molar-refractivity contribution in [1.82, 2.24) is 4.98 Å². The van der Waals surface area contributed by atoms with E-state index in [4.69, 9.17) is 9.47 Å². The summed E-state index contributed by atoms with van der Waals surface area (Å²) in [6.45, 7) is 7.55. The molecule has 9 heteroatoms. The number of hydrogen-bond donors (Lipinski definition) is 0. The minimum Gasteiger partial charge on any atom is -0.474 e. The largest absolute Gasteiger partial charge is 0.474 e. The zero-order valence-electron chi connectivity index (χ0n) is 15.3. The van der Waals surface area contributed by atoms with E-state index >= 15 is 0 Å². The van der Waals surface area contributed by atoms with E-state index in [0.717, 1.165) is 0 Å². The lowest BCUT2D eigenvalue weighted by Gasteiger charge is -2.34. The standard InChI is InChI=1S/C17H23N3O6/c1-5-11(17(22)25-9-10(3)4)19-15-13(26-12(6-2)16(19)21)7-8-14(18-15)20(23)24/h7-8,10-12H,5-6,9H2,1-4H3. The third-order valence-electron chi connectivity index (χ3n) is 3.92. The van der Waals surface area contributed by atoms with Crippen LogP contribution < -0.4 is 9.64 Å². The highest BCUT2D eigenvalue weighted by Crippen LogP contribution is 2.36. The van der Waals surface area contributed by atoms with E-state index in [9.17, 15) is 19.7 Å². The quantitative estimate of drug-likeness (QED) is 0.414. The van der Waals surface area contributed by atoms with Gasteiger partial charge in [0.25, 0.3) is 11.7 Å². The SMILES string of the molecule is CCC1Oc2ccc([N+](=O)[O-])nc2N(C(CC)C(=O)OCC(C)C)C1=O. The van der Waals surface area contributed by atoms with Gasteiger partial charge in [-0.2, -0.15) is 0 Å². The summed E-state index contributed by atoms with van der Waals surface area (Å²) in [5.74, 6) is -1.09. The maximum atomic E-state index is 12.8. The maximum absolute atomic E-state index is 12.8. The van der Waals surface area contributed by atoms with Gasteiger partial charge >= 0.3 is 11.8 Å². The van der Waals surface area contributed by atoms with Crippen molar-refractivity contribution in [1.29, 1.82) is 0 Å². The normalized spacial score (nSPS) is 17.5. The molecule has 1 aliphatic rings. The number of fused-ring (bicyclic) bond motifs is 1. The Morgan fingerprint density at radius 1 is 1.42 bits per heavy atom. The van der Waals surface area contributed by atoms with Crippen molar-refractivity contribution in [3.05, 3.63) is 22.2 Å². The van der Waals surface area contributed by atoms with E-state index in [-0.39, 0.29) is 30.5 Å². The first-order chi connectivity index (χ1) is 12.3. The summed E-state index contributed by atoms with van der Waals surface area (Å²) in [7, 11) is 0. The van der Waals surface area contributed by atoms with Crippen LogP contribution in [0.3, 0.4) is 0 Å². The molecular formula is C17H23N3O6. The number of aromatic nitrogens is 1. The Morgan fingerprint density at radius 2 is 2.12 bits per heavy atom. The van der Waals surface area contributed by atoms with Gasteiger partial charge in [0.05, 0.1) is 6.61 Å². The number of ether oxygens (including phenoxy) is 2. The predicted octanol–water partition coefficient (Wildman–Crippen LogP) is 2.47. The molecule has 2 unspecified atom stereocenters. The Morgan fingerprint density at radius 3 is 2.65 bits per heavy atom. The van der Waals surface area contributed by atoms with Crippen LogP contribution in [0.4, 0.5) is 11.6 Å². The van der Waals surface area contributed by atoms with Crippen molar-refractivity contribution in [2.75, 3.05) is 11.5 Å². The molecule has 9 nitrogen and oxygen atoms in total. The van der Waals surface area contributed by atoms with E-state index in [2.05, 4.69) is 4.98 Å². The maximum Gasteiger partial charge on any atom is 0.366 e. The lowest BCUT2D eigenvalue weighted by atomic mass is 10.1. The van der Waals surface area contributed by atoms with Crippen LogP contribution in [0.25, 0.3) is 0 Å². The van der Waals surface area contributed by atoms with Gasteiger partial charge in [0, 0.05) is 6.07 Å². The Kier molecular flexibility index (Phi) is 6.12. The van der Waals surface area contributed by atoms with Gasteiger partial charge in [0.2, 0.25) is 0 Å². The number of carbonyl (C=O) groups is 2. The smallest absolute Gasteiger partial charge is 0.366 e. The van der Waals surface area contributed by atoms with E-state index in [1.807, 2.05) is 13.8 Å². The van der Waals surface area contributed by atoms with Gasteiger partial charge in [-0.25, -0.2) is 4.79 Å². The molecule has 1 aromatic heterocycles. The van der Waals surface area contributed by atoms with Crippen LogP contribution in [-0.4, -0.2) is 40.5 Å². The predicted molar refractivity (Wildman–Crippen MR) is 93.0 cm³/mol. The third-order valence-corrected chi connectivity index (χ3v) is 3.92. The first-order valence-corrected chi connectivity index (χ1v) is 8.61. The molecule has 0 radical (unpaired) electrons. The van der Waals surface area contributed by atoms with E-state index in [1.165, 1.54) is 17.0 Å². The Bertz CT molecular complexity index is 706. The van der Waals surface area contributed by atoms with Gasteiger partial charge < -0.3 is 19.6 Å². The number of hydrogen-bond acceptors (Lipinski definition) is 7. The molecule has 0 N–H and O–H groups in total. The van der Waals surface area contributed by atoms with Gasteiger partial charge in [-0.15, -0.1) is 0 Å². The summed E-state index contributed by atoms with van der Waals surface area (Å²) >= 11 is 0. The number of amides is 1. The highest BCUT2D eigenvalue weighted by atomic mass is 16.6. The summed E-state index contributed by atoms with van der Waals surface area (Å²) in [5.41, 5.74) is 0. The topological polar surface area (TPSA) is 112 Å². The molecule has 0 bridgehead atoms. The van der Waals surface area contributed by atoms with Crippen LogP contribution in [0.1, 0.15) is 40.5 Å². The second kappa shape index (κ2) is 8.11. The molecule has 1 aliphatic heterocycles. The number of rotatable bonds is 7. The summed E-state index contributed by atoms with van der Waals surface area (Å²) in [6, 6.07) is 1.68. The van der Waals surface area contributed by atoms with Gasteiger partial charge in [-0.1, -0.05) is 27.7 Å². The van der Waals surface area contributed by atoms with E-state index in [0.29, 0.717) is 6.42 Å². The zero-order chi connectivity index (χ0) is 19.4. The minimum absolute atomic E-state index is 0.0257. The fraction of sp³-hybridized carbons (Fsp3) is 0.588. The minimum atomic E-state index is -0.924. The zero-order valence-corrected chi connectivity index (χ0v) is 15.3. The number of esters is 1. The number of nitro groups is 1. The van der Waals surface area contributed by atoms with Crippen molar-refractivity contribution in [2.45, 2.75) is 52.7 Å². The number of nitrogens with zero attached hydrogens (tertiary/aromatic N) is 3. The second-order valence-electron chi connectivity index (χ2n) is 6.42. The average molecular weight is 365 g/mol. The molecule has 0 saturated carbocycles. The molecule has 142 valence electrons. The molecule has 0 aliphatic carbocycles. The Hall–Kier alpha value is -2.71. The van der Waals surface area contributed by atoms with Gasteiger partial charge in [-0.05, 0) is 34.7 Å². The molecule has 0 saturated heterocycles. The van der Waals surface area contributed by atoms with Crippen LogP contribution in [0.5, 0.6) is 5.75 Å². The van der Waals surface area contributed by atoms with Crippen molar-refractivity contribution >= 4 is 23.5 Å². The molecule has 0 spiro atoms. The average Bonchev–Trinajstić information content (AvgIpc) is 2.61. The first kappa shape index (κ1) is 19.6. The van der Waals surface area contributed by atoms with Crippen molar-refractivity contribution in [2.24, 2.45) is 5.92 Å². The van der Waals surface area contributed by atoms with Crippen molar-refractivity contribution in [3.63, 3.8) is 0 Å². The van der Waals surface area contributed by atoms with Crippen LogP contribution >= 0.6 is 0 Å². The molecule has 0 fully saturated rings. The molecule has 2 rings (SSSR count). The molecule has 1 amide bonds.